The standard InChI is InChI=1S/C12H14Cl2N2O/c13-6-7-16(10-2-1-3-10)12(17)11-5-4-9(14)8-15-11/h4-5,8,10H,1-3,6-7H2. The summed E-state index contributed by atoms with van der Waals surface area (Å²) in [6.07, 6.45) is 4.81. The van der Waals surface area contributed by atoms with E-state index in [1.807, 2.05) is 4.90 Å². The third-order valence-electron chi connectivity index (χ3n) is 3.05. The molecule has 1 saturated carbocycles. The highest BCUT2D eigenvalue weighted by atomic mass is 35.5. The summed E-state index contributed by atoms with van der Waals surface area (Å²) >= 11 is 11.5. The lowest BCUT2D eigenvalue weighted by molar-refractivity contribution is 0.0592. The van der Waals surface area contributed by atoms with Crippen LogP contribution in [-0.2, 0) is 0 Å². The second-order valence-corrected chi connectivity index (χ2v) is 4.95. The first-order valence-corrected chi connectivity index (χ1v) is 6.62. The van der Waals surface area contributed by atoms with Crippen LogP contribution in [0.4, 0.5) is 0 Å². The maximum absolute atomic E-state index is 12.2. The van der Waals surface area contributed by atoms with Crippen molar-refractivity contribution in [3.05, 3.63) is 29.0 Å². The van der Waals surface area contributed by atoms with Gasteiger partial charge in [0.2, 0.25) is 0 Å². The van der Waals surface area contributed by atoms with E-state index in [0.717, 1.165) is 12.8 Å². The molecule has 1 aromatic heterocycles. The van der Waals surface area contributed by atoms with Crippen molar-refractivity contribution in [2.75, 3.05) is 12.4 Å². The predicted octanol–water partition coefficient (Wildman–Crippen LogP) is 2.97. The first-order valence-electron chi connectivity index (χ1n) is 5.71. The van der Waals surface area contributed by atoms with Crippen molar-refractivity contribution in [3.63, 3.8) is 0 Å². The van der Waals surface area contributed by atoms with Crippen LogP contribution in [0.3, 0.4) is 0 Å². The Morgan fingerprint density at radius 1 is 1.47 bits per heavy atom. The van der Waals surface area contributed by atoms with Gasteiger partial charge in [-0.3, -0.25) is 4.79 Å². The SMILES string of the molecule is O=C(c1ccc(Cl)cn1)N(CCCl)C1CCC1. The minimum absolute atomic E-state index is 0.0491. The van der Waals surface area contributed by atoms with Gasteiger partial charge in [-0.05, 0) is 31.4 Å². The number of hydrogen-bond acceptors (Lipinski definition) is 2. The van der Waals surface area contributed by atoms with Crippen LogP contribution < -0.4 is 0 Å². The molecule has 3 nitrogen and oxygen atoms in total. The predicted molar refractivity (Wildman–Crippen MR) is 68.6 cm³/mol. The van der Waals surface area contributed by atoms with E-state index in [0.29, 0.717) is 29.2 Å². The minimum atomic E-state index is -0.0491. The number of rotatable bonds is 4. The number of amides is 1. The zero-order chi connectivity index (χ0) is 12.3. The molecular formula is C12H14Cl2N2O. The molecule has 0 unspecified atom stereocenters. The van der Waals surface area contributed by atoms with Gasteiger partial charge in [-0.1, -0.05) is 11.6 Å². The van der Waals surface area contributed by atoms with Crippen LogP contribution in [-0.4, -0.2) is 34.3 Å². The van der Waals surface area contributed by atoms with Crippen LogP contribution in [0.1, 0.15) is 29.8 Å². The molecule has 0 bridgehead atoms. The topological polar surface area (TPSA) is 33.2 Å². The van der Waals surface area contributed by atoms with E-state index in [4.69, 9.17) is 23.2 Å². The molecule has 5 heteroatoms. The van der Waals surface area contributed by atoms with Crippen molar-refractivity contribution >= 4 is 29.1 Å². The largest absolute Gasteiger partial charge is 0.333 e. The summed E-state index contributed by atoms with van der Waals surface area (Å²) in [4.78, 5) is 18.1. The molecule has 92 valence electrons. The van der Waals surface area contributed by atoms with Gasteiger partial charge >= 0.3 is 0 Å². The Balaban J connectivity index is 2.12. The number of halogens is 2. The smallest absolute Gasteiger partial charge is 0.272 e. The van der Waals surface area contributed by atoms with Crippen molar-refractivity contribution in [1.82, 2.24) is 9.88 Å². The number of nitrogens with zero attached hydrogens (tertiary/aromatic N) is 2. The fourth-order valence-electron chi connectivity index (χ4n) is 1.89. The van der Waals surface area contributed by atoms with Gasteiger partial charge in [0.05, 0.1) is 5.02 Å². The lowest BCUT2D eigenvalue weighted by Gasteiger charge is -2.37. The van der Waals surface area contributed by atoms with Crippen LogP contribution in [0.5, 0.6) is 0 Å². The van der Waals surface area contributed by atoms with Crippen LogP contribution >= 0.6 is 23.2 Å². The van der Waals surface area contributed by atoms with Crippen molar-refractivity contribution in [1.29, 1.82) is 0 Å². The van der Waals surface area contributed by atoms with Gasteiger partial charge in [0.1, 0.15) is 5.69 Å². The lowest BCUT2D eigenvalue weighted by Crippen LogP contribution is -2.45. The van der Waals surface area contributed by atoms with Crippen LogP contribution in [0.2, 0.25) is 5.02 Å². The molecule has 0 aliphatic heterocycles. The monoisotopic (exact) mass is 272 g/mol. The van der Waals surface area contributed by atoms with E-state index in [-0.39, 0.29) is 5.91 Å². The molecule has 0 spiro atoms. The number of carbonyl (C=O) groups is 1. The second kappa shape index (κ2) is 5.69. The summed E-state index contributed by atoms with van der Waals surface area (Å²) in [6.45, 7) is 0.579. The molecular weight excluding hydrogens is 259 g/mol. The number of aromatic nitrogens is 1. The Morgan fingerprint density at radius 2 is 2.24 bits per heavy atom. The number of hydrogen-bond donors (Lipinski definition) is 0. The molecule has 0 N–H and O–H groups in total. The summed E-state index contributed by atoms with van der Waals surface area (Å²) in [5.41, 5.74) is 0.436. The normalized spacial score (nSPS) is 15.4. The molecule has 0 saturated heterocycles. The Bertz CT molecular complexity index is 390. The summed E-state index contributed by atoms with van der Waals surface area (Å²) in [6, 6.07) is 3.67. The molecule has 0 atom stereocenters. The molecule has 1 amide bonds. The zero-order valence-electron chi connectivity index (χ0n) is 9.40. The number of alkyl halides is 1. The maximum Gasteiger partial charge on any atom is 0.272 e. The molecule has 1 aliphatic carbocycles. The van der Waals surface area contributed by atoms with E-state index >= 15 is 0 Å². The summed E-state index contributed by atoms with van der Waals surface area (Å²) in [5, 5.41) is 0.536. The highest BCUT2D eigenvalue weighted by Crippen LogP contribution is 2.26. The Morgan fingerprint density at radius 3 is 2.71 bits per heavy atom. The molecule has 1 heterocycles. The first-order chi connectivity index (χ1) is 8.22. The third-order valence-corrected chi connectivity index (χ3v) is 3.44. The molecule has 17 heavy (non-hydrogen) atoms. The van der Waals surface area contributed by atoms with Gasteiger partial charge in [0.25, 0.3) is 5.91 Å². The summed E-state index contributed by atoms with van der Waals surface area (Å²) in [5.74, 6) is 0.405. The molecule has 1 fully saturated rings. The molecule has 1 aliphatic rings. The quantitative estimate of drug-likeness (QED) is 0.790. The van der Waals surface area contributed by atoms with Gasteiger partial charge in [-0.2, -0.15) is 0 Å². The highest BCUT2D eigenvalue weighted by Gasteiger charge is 2.29. The van der Waals surface area contributed by atoms with E-state index in [2.05, 4.69) is 4.98 Å². The third kappa shape index (κ3) is 2.90. The van der Waals surface area contributed by atoms with Crippen molar-refractivity contribution in [3.8, 4) is 0 Å². The molecule has 0 aromatic carbocycles. The van der Waals surface area contributed by atoms with Gasteiger partial charge in [-0.25, -0.2) is 4.98 Å². The zero-order valence-corrected chi connectivity index (χ0v) is 10.9. The highest BCUT2D eigenvalue weighted by molar-refractivity contribution is 6.30. The van der Waals surface area contributed by atoms with Gasteiger partial charge in [0.15, 0.2) is 0 Å². The fraction of sp³-hybridized carbons (Fsp3) is 0.500. The van der Waals surface area contributed by atoms with Gasteiger partial charge < -0.3 is 4.90 Å². The molecule has 1 aromatic rings. The van der Waals surface area contributed by atoms with Crippen LogP contribution in [0, 0.1) is 0 Å². The van der Waals surface area contributed by atoms with Crippen molar-refractivity contribution in [2.45, 2.75) is 25.3 Å². The number of pyridine rings is 1. The molecule has 2 rings (SSSR count). The van der Waals surface area contributed by atoms with Crippen molar-refractivity contribution < 1.29 is 4.79 Å². The Hall–Kier alpha value is -0.800. The maximum atomic E-state index is 12.2. The summed E-state index contributed by atoms with van der Waals surface area (Å²) in [7, 11) is 0. The van der Waals surface area contributed by atoms with Gasteiger partial charge in [0, 0.05) is 24.7 Å². The summed E-state index contributed by atoms with van der Waals surface area (Å²) < 4.78 is 0. The van der Waals surface area contributed by atoms with Crippen LogP contribution in [0.15, 0.2) is 18.3 Å². The van der Waals surface area contributed by atoms with Gasteiger partial charge in [-0.15, -0.1) is 11.6 Å². The van der Waals surface area contributed by atoms with Crippen LogP contribution in [0.25, 0.3) is 0 Å². The number of carbonyl (C=O) groups excluding carboxylic acids is 1. The lowest BCUT2D eigenvalue weighted by atomic mass is 9.91. The average Bonchev–Trinajstić information content (AvgIpc) is 2.26. The minimum Gasteiger partial charge on any atom is -0.333 e. The first kappa shape index (κ1) is 12.7. The van der Waals surface area contributed by atoms with E-state index in [1.165, 1.54) is 12.6 Å². The van der Waals surface area contributed by atoms with E-state index in [1.54, 1.807) is 12.1 Å². The Kier molecular flexibility index (Phi) is 4.24. The average molecular weight is 273 g/mol. The Labute approximate surface area is 111 Å². The van der Waals surface area contributed by atoms with E-state index < -0.39 is 0 Å². The fourth-order valence-corrected chi connectivity index (χ4v) is 2.18. The van der Waals surface area contributed by atoms with E-state index in [9.17, 15) is 4.79 Å². The second-order valence-electron chi connectivity index (χ2n) is 4.13. The van der Waals surface area contributed by atoms with Crippen molar-refractivity contribution in [2.24, 2.45) is 0 Å². The molecule has 0 radical (unpaired) electrons.